The van der Waals surface area contributed by atoms with Crippen molar-refractivity contribution in [3.05, 3.63) is 65.4 Å². The van der Waals surface area contributed by atoms with E-state index in [9.17, 15) is 23.1 Å². The van der Waals surface area contributed by atoms with Crippen LogP contribution in [0.2, 0.25) is 0 Å². The summed E-state index contributed by atoms with van der Waals surface area (Å²) in [4.78, 5) is 12.9. The number of aliphatic hydroxyl groups excluding tert-OH is 1. The number of nitrogens with one attached hydrogen (secondary N) is 1. The zero-order valence-corrected chi connectivity index (χ0v) is 16.6. The molecule has 1 aromatic heterocycles. The zero-order valence-electron chi connectivity index (χ0n) is 16.6. The Bertz CT molecular complexity index is 1130. The van der Waals surface area contributed by atoms with Crippen LogP contribution in [0.25, 0.3) is 10.9 Å². The van der Waals surface area contributed by atoms with Crippen LogP contribution in [-0.2, 0) is 6.54 Å². The van der Waals surface area contributed by atoms with Crippen LogP contribution in [0.4, 0.5) is 13.2 Å². The molecule has 0 fully saturated rings. The van der Waals surface area contributed by atoms with Crippen LogP contribution >= 0.6 is 0 Å². The van der Waals surface area contributed by atoms with E-state index < -0.39 is 18.3 Å². The number of benzene rings is 2. The molecule has 2 aromatic carbocycles. The van der Waals surface area contributed by atoms with Gasteiger partial charge in [0.05, 0.1) is 24.3 Å². The van der Waals surface area contributed by atoms with E-state index >= 15 is 0 Å². The Kier molecular flexibility index (Phi) is 6.51. The molecule has 2 N–H and O–H groups in total. The van der Waals surface area contributed by atoms with Gasteiger partial charge in [0.15, 0.2) is 0 Å². The summed E-state index contributed by atoms with van der Waals surface area (Å²) in [7, 11) is 0. The maximum atomic E-state index is 12.9. The van der Waals surface area contributed by atoms with Crippen LogP contribution in [0, 0.1) is 11.3 Å². The third kappa shape index (κ3) is 5.35. The number of halogens is 3. The fraction of sp³-hybridized carbons (Fsp3) is 0.273. The lowest BCUT2D eigenvalue weighted by atomic mass is 10.1. The maximum absolute atomic E-state index is 12.9. The lowest BCUT2D eigenvalue weighted by Gasteiger charge is -2.16. The van der Waals surface area contributed by atoms with Crippen molar-refractivity contribution < 1.29 is 27.8 Å². The molecule has 0 aliphatic carbocycles. The average Bonchev–Trinajstić information content (AvgIpc) is 3.08. The summed E-state index contributed by atoms with van der Waals surface area (Å²) in [6.07, 6.45) is -4.28. The SMILES string of the molecule is CCC(CO)NC(=O)c1cc2cc(C#N)ccc2n1Cc1cccc(OC(F)(F)F)c1. The van der Waals surface area contributed by atoms with Crippen molar-refractivity contribution in [2.24, 2.45) is 0 Å². The third-order valence-corrected chi connectivity index (χ3v) is 4.78. The minimum Gasteiger partial charge on any atom is -0.406 e. The lowest BCUT2D eigenvalue weighted by molar-refractivity contribution is -0.274. The number of amides is 1. The molecular formula is C22H20F3N3O3. The van der Waals surface area contributed by atoms with Crippen molar-refractivity contribution in [3.63, 3.8) is 0 Å². The summed E-state index contributed by atoms with van der Waals surface area (Å²) >= 11 is 0. The first-order chi connectivity index (χ1) is 14.7. The molecule has 1 atom stereocenters. The highest BCUT2D eigenvalue weighted by molar-refractivity contribution is 5.99. The molecule has 162 valence electrons. The van der Waals surface area contributed by atoms with Gasteiger partial charge in [-0.15, -0.1) is 13.2 Å². The Labute approximate surface area is 176 Å². The van der Waals surface area contributed by atoms with Gasteiger partial charge in [0.1, 0.15) is 11.4 Å². The Balaban J connectivity index is 2.02. The number of hydrogen-bond donors (Lipinski definition) is 2. The number of hydrogen-bond acceptors (Lipinski definition) is 4. The second-order valence-corrected chi connectivity index (χ2v) is 6.96. The zero-order chi connectivity index (χ0) is 22.6. The highest BCUT2D eigenvalue weighted by Crippen LogP contribution is 2.26. The van der Waals surface area contributed by atoms with Gasteiger partial charge in [-0.25, -0.2) is 0 Å². The van der Waals surface area contributed by atoms with Gasteiger partial charge in [0.2, 0.25) is 0 Å². The van der Waals surface area contributed by atoms with Crippen molar-refractivity contribution in [1.82, 2.24) is 9.88 Å². The van der Waals surface area contributed by atoms with E-state index in [1.54, 1.807) is 34.9 Å². The van der Waals surface area contributed by atoms with E-state index in [0.717, 1.165) is 0 Å². The number of rotatable bonds is 7. The van der Waals surface area contributed by atoms with Crippen LogP contribution in [0.3, 0.4) is 0 Å². The van der Waals surface area contributed by atoms with Crippen molar-refractivity contribution in [1.29, 1.82) is 5.26 Å². The van der Waals surface area contributed by atoms with E-state index in [1.807, 2.05) is 13.0 Å². The van der Waals surface area contributed by atoms with Crippen molar-refractivity contribution in [2.75, 3.05) is 6.61 Å². The molecule has 1 amide bonds. The molecule has 1 unspecified atom stereocenters. The summed E-state index contributed by atoms with van der Waals surface area (Å²) in [5.41, 5.74) is 1.81. The molecule has 0 radical (unpaired) electrons. The van der Waals surface area contributed by atoms with E-state index in [2.05, 4.69) is 10.1 Å². The highest BCUT2D eigenvalue weighted by Gasteiger charge is 2.31. The van der Waals surface area contributed by atoms with Gasteiger partial charge in [-0.3, -0.25) is 4.79 Å². The lowest BCUT2D eigenvalue weighted by Crippen LogP contribution is -2.37. The number of ether oxygens (including phenoxy) is 1. The molecule has 6 nitrogen and oxygen atoms in total. The normalized spacial score (nSPS) is 12.4. The Morgan fingerprint density at radius 3 is 2.68 bits per heavy atom. The summed E-state index contributed by atoms with van der Waals surface area (Å²) in [5.74, 6) is -0.788. The van der Waals surface area contributed by atoms with Crippen molar-refractivity contribution in [2.45, 2.75) is 32.3 Å². The molecule has 0 saturated carbocycles. The van der Waals surface area contributed by atoms with Crippen molar-refractivity contribution in [3.8, 4) is 11.8 Å². The molecule has 0 aliphatic heterocycles. The Hall–Kier alpha value is -3.51. The Morgan fingerprint density at radius 1 is 1.26 bits per heavy atom. The highest BCUT2D eigenvalue weighted by atomic mass is 19.4. The molecule has 31 heavy (non-hydrogen) atoms. The molecule has 0 spiro atoms. The van der Waals surface area contributed by atoms with Gasteiger partial charge in [0, 0.05) is 17.4 Å². The average molecular weight is 431 g/mol. The Morgan fingerprint density at radius 2 is 2.03 bits per heavy atom. The molecule has 9 heteroatoms. The van der Waals surface area contributed by atoms with Gasteiger partial charge in [-0.1, -0.05) is 19.1 Å². The van der Waals surface area contributed by atoms with Crippen LogP contribution in [0.1, 0.15) is 35.0 Å². The molecular weight excluding hydrogens is 411 g/mol. The van der Waals surface area contributed by atoms with Crippen LogP contribution < -0.4 is 10.1 Å². The molecule has 0 saturated heterocycles. The first kappa shape index (κ1) is 22.2. The van der Waals surface area contributed by atoms with E-state index in [-0.39, 0.29) is 24.6 Å². The quantitative estimate of drug-likeness (QED) is 0.593. The second-order valence-electron chi connectivity index (χ2n) is 6.96. The molecule has 3 rings (SSSR count). The number of aromatic nitrogens is 1. The monoisotopic (exact) mass is 431 g/mol. The molecule has 1 heterocycles. The van der Waals surface area contributed by atoms with Crippen molar-refractivity contribution >= 4 is 16.8 Å². The van der Waals surface area contributed by atoms with Gasteiger partial charge in [-0.05, 0) is 48.4 Å². The number of aliphatic hydroxyl groups is 1. The fourth-order valence-corrected chi connectivity index (χ4v) is 3.26. The molecule has 3 aromatic rings. The minimum absolute atomic E-state index is 0.100. The summed E-state index contributed by atoms with van der Waals surface area (Å²) in [6.45, 7) is 1.70. The smallest absolute Gasteiger partial charge is 0.406 e. The van der Waals surface area contributed by atoms with Crippen LogP contribution in [0.15, 0.2) is 48.5 Å². The number of alkyl halides is 3. The minimum atomic E-state index is -4.81. The van der Waals surface area contributed by atoms with Gasteiger partial charge >= 0.3 is 6.36 Å². The van der Waals surface area contributed by atoms with Gasteiger partial charge < -0.3 is 19.7 Å². The number of nitriles is 1. The number of carbonyl (C=O) groups excluding carboxylic acids is 1. The van der Waals surface area contributed by atoms with Crippen LogP contribution in [0.5, 0.6) is 5.75 Å². The molecule has 0 aliphatic rings. The summed E-state index contributed by atoms with van der Waals surface area (Å²) in [5, 5.41) is 21.9. The third-order valence-electron chi connectivity index (χ3n) is 4.78. The predicted molar refractivity (Wildman–Crippen MR) is 108 cm³/mol. The maximum Gasteiger partial charge on any atom is 0.573 e. The topological polar surface area (TPSA) is 87.3 Å². The van der Waals surface area contributed by atoms with Gasteiger partial charge in [0.25, 0.3) is 5.91 Å². The van der Waals surface area contributed by atoms with Gasteiger partial charge in [-0.2, -0.15) is 5.26 Å². The van der Waals surface area contributed by atoms with Crippen LogP contribution in [-0.4, -0.2) is 34.6 Å². The van der Waals surface area contributed by atoms with E-state index in [0.29, 0.717) is 28.5 Å². The van der Waals surface area contributed by atoms with E-state index in [1.165, 1.54) is 18.2 Å². The number of nitrogens with zero attached hydrogens (tertiary/aromatic N) is 2. The number of carbonyl (C=O) groups is 1. The van der Waals surface area contributed by atoms with E-state index in [4.69, 9.17) is 5.26 Å². The second kappa shape index (κ2) is 9.10. The standard InChI is InChI=1S/C22H20F3N3O3/c1-2-17(13-29)27-21(30)20-10-16-8-14(11-26)6-7-19(16)28(20)12-15-4-3-5-18(9-15)31-22(23,24)25/h3-10,17,29H,2,12-13H2,1H3,(H,27,30). The number of fused-ring (bicyclic) bond motifs is 1. The predicted octanol–water partition coefficient (Wildman–Crippen LogP) is 3.96. The summed E-state index contributed by atoms with van der Waals surface area (Å²) < 4.78 is 43.3. The first-order valence-corrected chi connectivity index (χ1v) is 9.54. The molecule has 0 bridgehead atoms. The first-order valence-electron chi connectivity index (χ1n) is 9.54. The largest absolute Gasteiger partial charge is 0.573 e. The fourth-order valence-electron chi connectivity index (χ4n) is 3.26. The summed E-state index contributed by atoms with van der Waals surface area (Å²) in [6, 6.07) is 13.7.